The van der Waals surface area contributed by atoms with Gasteiger partial charge in [0, 0.05) is 5.56 Å². The SMILES string of the molecule is Nc1nc(-c2ccccc2)c(C(=O)C(F)(F)F)s1. The molecule has 1 heterocycles. The van der Waals surface area contributed by atoms with E-state index in [0.717, 1.165) is 0 Å². The number of hydrogen-bond acceptors (Lipinski definition) is 4. The number of alkyl halides is 3. The molecule has 2 N–H and O–H groups in total. The van der Waals surface area contributed by atoms with Crippen molar-refractivity contribution in [1.82, 2.24) is 4.98 Å². The maximum absolute atomic E-state index is 12.4. The number of benzene rings is 1. The van der Waals surface area contributed by atoms with E-state index in [0.29, 0.717) is 16.9 Å². The van der Waals surface area contributed by atoms with Crippen molar-refractivity contribution < 1.29 is 18.0 Å². The molecule has 0 saturated heterocycles. The average molecular weight is 272 g/mol. The second kappa shape index (κ2) is 4.41. The molecular weight excluding hydrogens is 265 g/mol. The summed E-state index contributed by atoms with van der Waals surface area (Å²) in [6.07, 6.45) is -4.93. The van der Waals surface area contributed by atoms with Crippen LogP contribution in [0.4, 0.5) is 18.3 Å². The number of aromatic nitrogens is 1. The Morgan fingerprint density at radius 3 is 2.39 bits per heavy atom. The van der Waals surface area contributed by atoms with E-state index in [1.165, 1.54) is 0 Å². The van der Waals surface area contributed by atoms with Crippen LogP contribution in [0.3, 0.4) is 0 Å². The molecule has 2 rings (SSSR count). The maximum Gasteiger partial charge on any atom is 0.455 e. The van der Waals surface area contributed by atoms with Crippen molar-refractivity contribution in [1.29, 1.82) is 0 Å². The zero-order valence-corrected chi connectivity index (χ0v) is 9.68. The van der Waals surface area contributed by atoms with E-state index in [9.17, 15) is 18.0 Å². The van der Waals surface area contributed by atoms with Gasteiger partial charge in [0.15, 0.2) is 5.13 Å². The summed E-state index contributed by atoms with van der Waals surface area (Å²) >= 11 is 0.541. The molecule has 0 radical (unpaired) electrons. The Kier molecular flexibility index (Phi) is 3.08. The van der Waals surface area contributed by atoms with Crippen LogP contribution in [0, 0.1) is 0 Å². The minimum absolute atomic E-state index is 0.0274. The van der Waals surface area contributed by atoms with Gasteiger partial charge in [0.05, 0.1) is 5.69 Å². The van der Waals surface area contributed by atoms with Gasteiger partial charge in [0.1, 0.15) is 4.88 Å². The Morgan fingerprint density at radius 2 is 1.83 bits per heavy atom. The molecule has 0 amide bonds. The highest BCUT2D eigenvalue weighted by molar-refractivity contribution is 7.17. The first-order chi connectivity index (χ1) is 8.39. The molecule has 0 spiro atoms. The minimum Gasteiger partial charge on any atom is -0.375 e. The Labute approximate surface area is 104 Å². The summed E-state index contributed by atoms with van der Waals surface area (Å²) in [5.74, 6) is -1.92. The van der Waals surface area contributed by atoms with Crippen LogP contribution in [0.15, 0.2) is 30.3 Å². The normalized spacial score (nSPS) is 11.5. The number of hydrogen-bond donors (Lipinski definition) is 1. The van der Waals surface area contributed by atoms with E-state index >= 15 is 0 Å². The number of halogens is 3. The van der Waals surface area contributed by atoms with Gasteiger partial charge in [0.25, 0.3) is 5.78 Å². The van der Waals surface area contributed by atoms with Crippen molar-refractivity contribution in [3.63, 3.8) is 0 Å². The highest BCUT2D eigenvalue weighted by Crippen LogP contribution is 2.34. The lowest BCUT2D eigenvalue weighted by Gasteiger charge is -2.04. The van der Waals surface area contributed by atoms with E-state index < -0.39 is 16.8 Å². The number of Topliss-reactive ketones (excluding diaryl/α,β-unsaturated/α-hetero) is 1. The van der Waals surface area contributed by atoms with Crippen molar-refractivity contribution in [2.45, 2.75) is 6.18 Å². The number of carbonyl (C=O) groups is 1. The van der Waals surface area contributed by atoms with Crippen LogP contribution in [0.5, 0.6) is 0 Å². The number of nitrogen functional groups attached to an aromatic ring is 1. The highest BCUT2D eigenvalue weighted by Gasteiger charge is 2.42. The van der Waals surface area contributed by atoms with Crippen LogP contribution in [0.1, 0.15) is 9.67 Å². The first-order valence-electron chi connectivity index (χ1n) is 4.83. The summed E-state index contributed by atoms with van der Waals surface area (Å²) in [5.41, 5.74) is 5.79. The molecular formula is C11H7F3N2OS. The van der Waals surface area contributed by atoms with Crippen LogP contribution in [-0.4, -0.2) is 16.9 Å². The van der Waals surface area contributed by atoms with Gasteiger partial charge in [-0.25, -0.2) is 4.98 Å². The van der Waals surface area contributed by atoms with Crippen molar-refractivity contribution in [3.05, 3.63) is 35.2 Å². The number of nitrogens with zero attached hydrogens (tertiary/aromatic N) is 1. The van der Waals surface area contributed by atoms with E-state index in [1.54, 1.807) is 30.3 Å². The van der Waals surface area contributed by atoms with Crippen LogP contribution >= 0.6 is 11.3 Å². The van der Waals surface area contributed by atoms with Crippen molar-refractivity contribution in [2.24, 2.45) is 0 Å². The second-order valence-corrected chi connectivity index (χ2v) is 4.45. The molecule has 0 bridgehead atoms. The Bertz CT molecular complexity index is 578. The molecule has 0 fully saturated rings. The predicted octanol–water partition coefficient (Wildman–Crippen LogP) is 3.14. The molecule has 0 unspecified atom stereocenters. The van der Waals surface area contributed by atoms with Crippen LogP contribution in [0.2, 0.25) is 0 Å². The van der Waals surface area contributed by atoms with Gasteiger partial charge in [0.2, 0.25) is 0 Å². The van der Waals surface area contributed by atoms with Crippen LogP contribution < -0.4 is 5.73 Å². The summed E-state index contributed by atoms with van der Waals surface area (Å²) in [4.78, 5) is 14.6. The molecule has 0 saturated carbocycles. The van der Waals surface area contributed by atoms with Gasteiger partial charge in [-0.2, -0.15) is 13.2 Å². The van der Waals surface area contributed by atoms with Gasteiger partial charge in [-0.05, 0) is 0 Å². The van der Waals surface area contributed by atoms with Gasteiger partial charge in [-0.1, -0.05) is 41.7 Å². The van der Waals surface area contributed by atoms with E-state index in [4.69, 9.17) is 5.73 Å². The lowest BCUT2D eigenvalue weighted by Crippen LogP contribution is -2.22. The highest BCUT2D eigenvalue weighted by atomic mass is 32.1. The summed E-state index contributed by atoms with van der Waals surface area (Å²) in [6, 6.07) is 8.15. The number of nitrogens with two attached hydrogens (primary N) is 1. The zero-order chi connectivity index (χ0) is 13.3. The lowest BCUT2D eigenvalue weighted by molar-refractivity contribution is -0.0882. The summed E-state index contributed by atoms with van der Waals surface area (Å²) in [5, 5.41) is -0.0681. The minimum atomic E-state index is -4.93. The molecule has 94 valence electrons. The molecule has 3 nitrogen and oxygen atoms in total. The number of thiazole rings is 1. The maximum atomic E-state index is 12.4. The summed E-state index contributed by atoms with van der Waals surface area (Å²) in [7, 11) is 0. The largest absolute Gasteiger partial charge is 0.455 e. The van der Waals surface area contributed by atoms with Crippen molar-refractivity contribution >= 4 is 22.3 Å². The van der Waals surface area contributed by atoms with Crippen LogP contribution in [0.25, 0.3) is 11.3 Å². The number of anilines is 1. The van der Waals surface area contributed by atoms with Crippen LogP contribution in [-0.2, 0) is 0 Å². The Morgan fingerprint density at radius 1 is 1.22 bits per heavy atom. The molecule has 7 heteroatoms. The number of carbonyl (C=O) groups excluding carboxylic acids is 1. The summed E-state index contributed by atoms with van der Waals surface area (Å²) in [6.45, 7) is 0. The second-order valence-electron chi connectivity index (χ2n) is 3.42. The van der Waals surface area contributed by atoms with Gasteiger partial charge in [-0.15, -0.1) is 0 Å². The fourth-order valence-electron chi connectivity index (χ4n) is 1.41. The fraction of sp³-hybridized carbons (Fsp3) is 0.0909. The molecule has 1 aromatic carbocycles. The number of rotatable bonds is 2. The molecule has 1 aromatic heterocycles. The third kappa shape index (κ3) is 2.35. The standard InChI is InChI=1S/C11H7F3N2OS/c12-11(13,14)9(17)8-7(16-10(15)18-8)6-4-2-1-3-5-6/h1-5H,(H2,15,16). The average Bonchev–Trinajstić information content (AvgIpc) is 2.70. The molecule has 0 aliphatic heterocycles. The van der Waals surface area contributed by atoms with Gasteiger partial charge in [-0.3, -0.25) is 4.79 Å². The molecule has 0 atom stereocenters. The van der Waals surface area contributed by atoms with Gasteiger partial charge >= 0.3 is 6.18 Å². The van der Waals surface area contributed by atoms with E-state index in [1.807, 2.05) is 0 Å². The molecule has 2 aromatic rings. The van der Waals surface area contributed by atoms with Crippen molar-refractivity contribution in [3.8, 4) is 11.3 Å². The Hall–Kier alpha value is -1.89. The van der Waals surface area contributed by atoms with Crippen molar-refractivity contribution in [2.75, 3.05) is 5.73 Å². The first-order valence-corrected chi connectivity index (χ1v) is 5.64. The van der Waals surface area contributed by atoms with E-state index in [2.05, 4.69) is 4.98 Å². The third-order valence-electron chi connectivity index (χ3n) is 2.15. The van der Waals surface area contributed by atoms with E-state index in [-0.39, 0.29) is 10.8 Å². The molecule has 0 aliphatic carbocycles. The zero-order valence-electron chi connectivity index (χ0n) is 8.86. The van der Waals surface area contributed by atoms with Gasteiger partial charge < -0.3 is 5.73 Å². The quantitative estimate of drug-likeness (QED) is 0.854. The Balaban J connectivity index is 2.54. The number of ketones is 1. The molecule has 18 heavy (non-hydrogen) atoms. The third-order valence-corrected chi connectivity index (χ3v) is 3.04. The molecule has 0 aliphatic rings. The lowest BCUT2D eigenvalue weighted by atomic mass is 10.1. The predicted molar refractivity (Wildman–Crippen MR) is 62.3 cm³/mol. The summed E-state index contributed by atoms with van der Waals surface area (Å²) < 4.78 is 37.3. The topological polar surface area (TPSA) is 56.0 Å². The fourth-order valence-corrected chi connectivity index (χ4v) is 2.23. The monoisotopic (exact) mass is 272 g/mol. The smallest absolute Gasteiger partial charge is 0.375 e. The first kappa shape index (κ1) is 12.6.